The third kappa shape index (κ3) is 5.64. The zero-order chi connectivity index (χ0) is 19.2. The van der Waals surface area contributed by atoms with E-state index in [4.69, 9.17) is 4.52 Å². The molecule has 0 bridgehead atoms. The van der Waals surface area contributed by atoms with E-state index in [-0.39, 0.29) is 12.1 Å². The Kier molecular flexibility index (Phi) is 6.42. The lowest BCUT2D eigenvalue weighted by Gasteiger charge is -2.04. The molecule has 2 rings (SSSR count). The minimum absolute atomic E-state index is 0.0403. The van der Waals surface area contributed by atoms with Crippen LogP contribution in [-0.2, 0) is 11.2 Å². The van der Waals surface area contributed by atoms with E-state index in [9.17, 15) is 28.1 Å². The standard InChI is InChI=1S/C16H16F3N3O4/c17-16(18,19)13(23)5-3-1-2-4-6-14-20-15(21-26-14)11-7-9-12(10-8-11)22(24)25/h7-10H,1-6H2. The van der Waals surface area contributed by atoms with Gasteiger partial charge in [-0.15, -0.1) is 0 Å². The van der Waals surface area contributed by atoms with Crippen LogP contribution in [0, 0.1) is 10.1 Å². The highest BCUT2D eigenvalue weighted by Gasteiger charge is 2.36. The lowest BCUT2D eigenvalue weighted by molar-refractivity contribution is -0.384. The maximum atomic E-state index is 12.0. The first kappa shape index (κ1) is 19.5. The van der Waals surface area contributed by atoms with Gasteiger partial charge in [0.2, 0.25) is 17.5 Å². The van der Waals surface area contributed by atoms with Gasteiger partial charge in [0, 0.05) is 30.5 Å². The predicted molar refractivity (Wildman–Crippen MR) is 84.2 cm³/mol. The molecule has 2 aromatic rings. The summed E-state index contributed by atoms with van der Waals surface area (Å²) in [5.74, 6) is -1.00. The molecule has 0 amide bonds. The van der Waals surface area contributed by atoms with Gasteiger partial charge in [0.15, 0.2) is 0 Å². The third-order valence-corrected chi connectivity index (χ3v) is 3.67. The van der Waals surface area contributed by atoms with Gasteiger partial charge in [0.1, 0.15) is 0 Å². The van der Waals surface area contributed by atoms with Gasteiger partial charge in [0.25, 0.3) is 5.69 Å². The number of aryl methyl sites for hydroxylation is 1. The Labute approximate surface area is 146 Å². The number of hydrogen-bond acceptors (Lipinski definition) is 6. The van der Waals surface area contributed by atoms with Crippen molar-refractivity contribution in [2.45, 2.75) is 44.7 Å². The van der Waals surface area contributed by atoms with Crippen LogP contribution in [0.2, 0.25) is 0 Å². The molecule has 10 heteroatoms. The number of non-ortho nitro benzene ring substituents is 1. The number of benzene rings is 1. The Morgan fingerprint density at radius 1 is 1.12 bits per heavy atom. The van der Waals surface area contributed by atoms with Crippen LogP contribution in [0.3, 0.4) is 0 Å². The van der Waals surface area contributed by atoms with Crippen LogP contribution in [0.4, 0.5) is 18.9 Å². The largest absolute Gasteiger partial charge is 0.449 e. The fraction of sp³-hybridized carbons (Fsp3) is 0.438. The van der Waals surface area contributed by atoms with Crippen LogP contribution >= 0.6 is 0 Å². The third-order valence-electron chi connectivity index (χ3n) is 3.67. The fourth-order valence-corrected chi connectivity index (χ4v) is 2.26. The molecule has 0 unspecified atom stereocenters. The summed E-state index contributed by atoms with van der Waals surface area (Å²) in [6.45, 7) is 0. The molecule has 1 heterocycles. The van der Waals surface area contributed by atoms with Crippen molar-refractivity contribution in [2.75, 3.05) is 0 Å². The Balaban J connectivity index is 1.73. The van der Waals surface area contributed by atoms with Crippen LogP contribution in [0.25, 0.3) is 11.4 Å². The van der Waals surface area contributed by atoms with Gasteiger partial charge >= 0.3 is 6.18 Å². The monoisotopic (exact) mass is 371 g/mol. The van der Waals surface area contributed by atoms with E-state index < -0.39 is 23.3 Å². The summed E-state index contributed by atoms with van der Waals surface area (Å²) in [5, 5.41) is 14.4. The quantitative estimate of drug-likeness (QED) is 0.371. The first-order valence-electron chi connectivity index (χ1n) is 7.95. The number of nitrogens with zero attached hydrogens (tertiary/aromatic N) is 3. The number of Topliss-reactive ketones (excluding diaryl/α,β-unsaturated/α-hetero) is 1. The average Bonchev–Trinajstić information content (AvgIpc) is 3.06. The lowest BCUT2D eigenvalue weighted by Crippen LogP contribution is -2.22. The van der Waals surface area contributed by atoms with Crippen molar-refractivity contribution < 1.29 is 27.4 Å². The first-order valence-corrected chi connectivity index (χ1v) is 7.95. The van der Waals surface area contributed by atoms with E-state index in [1.807, 2.05) is 0 Å². The van der Waals surface area contributed by atoms with Gasteiger partial charge < -0.3 is 4.52 Å². The van der Waals surface area contributed by atoms with Crippen molar-refractivity contribution in [1.82, 2.24) is 10.1 Å². The highest BCUT2D eigenvalue weighted by molar-refractivity contribution is 5.83. The van der Waals surface area contributed by atoms with Crippen LogP contribution in [0.15, 0.2) is 28.8 Å². The molecule has 0 saturated heterocycles. The fourth-order valence-electron chi connectivity index (χ4n) is 2.26. The summed E-state index contributed by atoms with van der Waals surface area (Å²) in [6.07, 6.45) is -2.80. The van der Waals surface area contributed by atoms with Crippen molar-refractivity contribution in [2.24, 2.45) is 0 Å². The number of nitro benzene ring substituents is 1. The molecule has 0 radical (unpaired) electrons. The van der Waals surface area contributed by atoms with E-state index in [0.717, 1.165) is 0 Å². The minimum atomic E-state index is -4.75. The Morgan fingerprint density at radius 2 is 1.77 bits per heavy atom. The lowest BCUT2D eigenvalue weighted by atomic mass is 10.1. The number of rotatable bonds is 9. The molecule has 0 aliphatic carbocycles. The van der Waals surface area contributed by atoms with Gasteiger partial charge in [-0.05, 0) is 25.0 Å². The van der Waals surface area contributed by atoms with Crippen LogP contribution in [-0.4, -0.2) is 27.0 Å². The van der Waals surface area contributed by atoms with Crippen molar-refractivity contribution in [1.29, 1.82) is 0 Å². The number of carbonyl (C=O) groups is 1. The second kappa shape index (κ2) is 8.54. The molecule has 26 heavy (non-hydrogen) atoms. The molecule has 1 aromatic heterocycles. The second-order valence-electron chi connectivity index (χ2n) is 5.65. The first-order chi connectivity index (χ1) is 12.3. The number of nitro groups is 1. The van der Waals surface area contributed by atoms with Crippen molar-refractivity contribution in [3.8, 4) is 11.4 Å². The molecular formula is C16H16F3N3O4. The summed E-state index contributed by atoms with van der Waals surface area (Å²) < 4.78 is 41.2. The smallest absolute Gasteiger partial charge is 0.339 e. The molecule has 0 atom stereocenters. The number of aromatic nitrogens is 2. The average molecular weight is 371 g/mol. The summed E-state index contributed by atoms with van der Waals surface area (Å²) in [4.78, 5) is 25.0. The maximum absolute atomic E-state index is 12.0. The van der Waals surface area contributed by atoms with Crippen molar-refractivity contribution in [3.05, 3.63) is 40.3 Å². The van der Waals surface area contributed by atoms with Gasteiger partial charge in [-0.3, -0.25) is 14.9 Å². The van der Waals surface area contributed by atoms with E-state index >= 15 is 0 Å². The molecule has 1 aromatic carbocycles. The molecule has 0 N–H and O–H groups in total. The normalized spacial score (nSPS) is 11.5. The van der Waals surface area contributed by atoms with Crippen molar-refractivity contribution >= 4 is 11.5 Å². The summed E-state index contributed by atoms with van der Waals surface area (Å²) in [6, 6.07) is 5.72. The maximum Gasteiger partial charge on any atom is 0.449 e. The Bertz CT molecular complexity index is 757. The Morgan fingerprint density at radius 3 is 2.38 bits per heavy atom. The molecule has 0 aliphatic heterocycles. The Hall–Kier alpha value is -2.78. The molecule has 7 nitrogen and oxygen atoms in total. The number of ketones is 1. The van der Waals surface area contributed by atoms with E-state index in [2.05, 4.69) is 10.1 Å². The number of halogens is 3. The van der Waals surface area contributed by atoms with Crippen LogP contribution < -0.4 is 0 Å². The molecule has 140 valence electrons. The van der Waals surface area contributed by atoms with Gasteiger partial charge in [-0.1, -0.05) is 18.0 Å². The topological polar surface area (TPSA) is 99.1 Å². The second-order valence-corrected chi connectivity index (χ2v) is 5.65. The number of hydrogen-bond donors (Lipinski definition) is 0. The minimum Gasteiger partial charge on any atom is -0.339 e. The predicted octanol–water partition coefficient (Wildman–Crippen LogP) is 4.27. The van der Waals surface area contributed by atoms with Crippen LogP contribution in [0.1, 0.15) is 38.0 Å². The van der Waals surface area contributed by atoms with E-state index in [1.54, 1.807) is 0 Å². The summed E-state index contributed by atoms with van der Waals surface area (Å²) in [5.41, 5.74) is 0.540. The SMILES string of the molecule is O=C(CCCCCCc1nc(-c2ccc([N+](=O)[O-])cc2)no1)C(F)(F)F. The number of alkyl halides is 3. The molecular weight excluding hydrogens is 355 g/mol. The molecule has 0 spiro atoms. The summed E-state index contributed by atoms with van der Waals surface area (Å²) >= 11 is 0. The van der Waals surface area contributed by atoms with Gasteiger partial charge in [-0.2, -0.15) is 18.2 Å². The zero-order valence-electron chi connectivity index (χ0n) is 13.7. The highest BCUT2D eigenvalue weighted by atomic mass is 19.4. The number of unbranched alkanes of at least 4 members (excludes halogenated alkanes) is 3. The molecule has 0 aliphatic rings. The summed E-state index contributed by atoms with van der Waals surface area (Å²) in [7, 11) is 0. The van der Waals surface area contributed by atoms with Crippen LogP contribution in [0.5, 0.6) is 0 Å². The van der Waals surface area contributed by atoms with Gasteiger partial charge in [0.05, 0.1) is 4.92 Å². The number of carbonyl (C=O) groups excluding carboxylic acids is 1. The highest BCUT2D eigenvalue weighted by Crippen LogP contribution is 2.21. The zero-order valence-corrected chi connectivity index (χ0v) is 13.7. The molecule has 0 saturated carbocycles. The molecule has 0 fully saturated rings. The van der Waals surface area contributed by atoms with Crippen molar-refractivity contribution in [3.63, 3.8) is 0 Å². The van der Waals surface area contributed by atoms with Gasteiger partial charge in [-0.25, -0.2) is 0 Å². The van der Waals surface area contributed by atoms with E-state index in [1.165, 1.54) is 24.3 Å². The van der Waals surface area contributed by atoms with E-state index in [0.29, 0.717) is 43.0 Å².